The highest BCUT2D eigenvalue weighted by Crippen LogP contribution is 2.10. The van der Waals surface area contributed by atoms with Crippen molar-refractivity contribution < 1.29 is 4.79 Å². The van der Waals surface area contributed by atoms with Gasteiger partial charge in [0, 0.05) is 45.3 Å². The zero-order chi connectivity index (χ0) is 13.0. The van der Waals surface area contributed by atoms with Gasteiger partial charge in [0.15, 0.2) is 0 Å². The van der Waals surface area contributed by atoms with Gasteiger partial charge in [-0.3, -0.25) is 9.69 Å². The number of likely N-dealkylation sites (tertiary alicyclic amines) is 1. The van der Waals surface area contributed by atoms with Crippen molar-refractivity contribution in [2.24, 2.45) is 0 Å². The minimum absolute atomic E-state index is 0.314. The van der Waals surface area contributed by atoms with Gasteiger partial charge in [-0.2, -0.15) is 0 Å². The molecule has 0 atom stereocenters. The number of nitrogens with zero attached hydrogens (tertiary/aromatic N) is 3. The van der Waals surface area contributed by atoms with Crippen molar-refractivity contribution in [2.75, 3.05) is 59.9 Å². The van der Waals surface area contributed by atoms with Crippen LogP contribution in [-0.2, 0) is 4.79 Å². The zero-order valence-corrected chi connectivity index (χ0v) is 11.7. The second-order valence-corrected chi connectivity index (χ2v) is 5.52. The van der Waals surface area contributed by atoms with Gasteiger partial charge in [0.25, 0.3) is 0 Å². The molecule has 104 valence electrons. The lowest BCUT2D eigenvalue weighted by Crippen LogP contribution is -2.51. The van der Waals surface area contributed by atoms with Gasteiger partial charge in [-0.15, -0.1) is 0 Å². The van der Waals surface area contributed by atoms with E-state index >= 15 is 0 Å². The molecule has 2 aliphatic rings. The van der Waals surface area contributed by atoms with Crippen LogP contribution >= 0.6 is 0 Å². The highest BCUT2D eigenvalue weighted by molar-refractivity contribution is 5.78. The first-order chi connectivity index (χ1) is 8.69. The fourth-order valence-corrected chi connectivity index (χ4v) is 2.71. The van der Waals surface area contributed by atoms with Crippen molar-refractivity contribution in [3.05, 3.63) is 0 Å². The summed E-state index contributed by atoms with van der Waals surface area (Å²) in [4.78, 5) is 18.8. The number of carbonyl (C=O) groups is 1. The summed E-state index contributed by atoms with van der Waals surface area (Å²) in [7, 11) is 4.15. The molecule has 0 spiro atoms. The second-order valence-electron chi connectivity index (χ2n) is 5.52. The van der Waals surface area contributed by atoms with E-state index in [4.69, 9.17) is 0 Å². The smallest absolute Gasteiger partial charge is 0.236 e. The highest BCUT2D eigenvalue weighted by Gasteiger charge is 2.24. The van der Waals surface area contributed by atoms with Crippen LogP contribution in [0.3, 0.4) is 0 Å². The van der Waals surface area contributed by atoms with E-state index < -0.39 is 0 Å². The minimum Gasteiger partial charge on any atom is -0.341 e. The summed E-state index contributed by atoms with van der Waals surface area (Å²) >= 11 is 0. The molecule has 0 aromatic rings. The molecule has 2 saturated heterocycles. The molecule has 2 heterocycles. The van der Waals surface area contributed by atoms with Crippen LogP contribution in [0.1, 0.15) is 12.8 Å². The normalized spacial score (nSPS) is 24.4. The number of hydrogen-bond donors (Lipinski definition) is 1. The van der Waals surface area contributed by atoms with Crippen molar-refractivity contribution >= 4 is 5.91 Å². The second kappa shape index (κ2) is 6.50. The summed E-state index contributed by atoms with van der Waals surface area (Å²) in [5, 5.41) is 3.30. The molecular formula is C13H26N4O. The summed E-state index contributed by atoms with van der Waals surface area (Å²) < 4.78 is 0. The number of hydrogen-bond acceptors (Lipinski definition) is 4. The maximum atomic E-state index is 12.2. The molecule has 0 aromatic carbocycles. The molecular weight excluding hydrogens is 228 g/mol. The van der Waals surface area contributed by atoms with E-state index in [-0.39, 0.29) is 0 Å². The Balaban J connectivity index is 1.72. The fraction of sp³-hybridized carbons (Fsp3) is 0.923. The maximum Gasteiger partial charge on any atom is 0.236 e. The third-order valence-electron chi connectivity index (χ3n) is 4.21. The summed E-state index contributed by atoms with van der Waals surface area (Å²) in [6.07, 6.45) is 2.18. The largest absolute Gasteiger partial charge is 0.341 e. The Morgan fingerprint density at radius 1 is 1.11 bits per heavy atom. The highest BCUT2D eigenvalue weighted by atomic mass is 16.2. The summed E-state index contributed by atoms with van der Waals surface area (Å²) in [6.45, 7) is 6.64. The molecule has 0 aliphatic carbocycles. The SMILES string of the molecule is CNC1CCN(C(=O)CN2CCN(C)CC2)CC1. The van der Waals surface area contributed by atoms with Crippen LogP contribution in [0.5, 0.6) is 0 Å². The number of piperazine rings is 1. The fourth-order valence-electron chi connectivity index (χ4n) is 2.71. The van der Waals surface area contributed by atoms with Crippen LogP contribution in [0.4, 0.5) is 0 Å². The molecule has 5 heteroatoms. The predicted molar refractivity (Wildman–Crippen MR) is 72.6 cm³/mol. The Kier molecular flexibility index (Phi) is 4.97. The van der Waals surface area contributed by atoms with E-state index in [9.17, 15) is 4.79 Å². The van der Waals surface area contributed by atoms with Crippen molar-refractivity contribution in [1.29, 1.82) is 0 Å². The number of piperidine rings is 1. The van der Waals surface area contributed by atoms with Gasteiger partial charge in [0.1, 0.15) is 0 Å². The molecule has 0 aromatic heterocycles. The van der Waals surface area contributed by atoms with E-state index in [1.54, 1.807) is 0 Å². The van der Waals surface area contributed by atoms with Gasteiger partial charge in [-0.05, 0) is 26.9 Å². The average molecular weight is 254 g/mol. The lowest BCUT2D eigenvalue weighted by Gasteiger charge is -2.36. The van der Waals surface area contributed by atoms with Crippen LogP contribution in [0.2, 0.25) is 0 Å². The van der Waals surface area contributed by atoms with Crippen LogP contribution in [0.25, 0.3) is 0 Å². The van der Waals surface area contributed by atoms with Crippen LogP contribution < -0.4 is 5.32 Å². The van der Waals surface area contributed by atoms with E-state index in [1.165, 1.54) is 0 Å². The molecule has 1 amide bonds. The van der Waals surface area contributed by atoms with Gasteiger partial charge in [0.2, 0.25) is 5.91 Å². The monoisotopic (exact) mass is 254 g/mol. The lowest BCUT2D eigenvalue weighted by atomic mass is 10.1. The summed E-state index contributed by atoms with van der Waals surface area (Å²) in [5.41, 5.74) is 0. The molecule has 0 saturated carbocycles. The van der Waals surface area contributed by atoms with Crippen molar-refractivity contribution in [2.45, 2.75) is 18.9 Å². The first-order valence-corrected chi connectivity index (χ1v) is 7.05. The minimum atomic E-state index is 0.314. The van der Waals surface area contributed by atoms with Gasteiger partial charge < -0.3 is 15.1 Å². The standard InChI is InChI=1S/C13H26N4O/c1-14-12-3-5-17(6-4-12)13(18)11-16-9-7-15(2)8-10-16/h12,14H,3-11H2,1-2H3. The Bertz CT molecular complexity index is 268. The number of carbonyl (C=O) groups excluding carboxylic acids is 1. The van der Waals surface area contributed by atoms with Gasteiger partial charge in [0.05, 0.1) is 6.54 Å². The van der Waals surface area contributed by atoms with E-state index in [2.05, 4.69) is 22.2 Å². The van der Waals surface area contributed by atoms with E-state index in [0.29, 0.717) is 18.5 Å². The number of rotatable bonds is 3. The third kappa shape index (κ3) is 3.67. The molecule has 2 rings (SSSR count). The van der Waals surface area contributed by atoms with E-state index in [1.807, 2.05) is 11.9 Å². The Morgan fingerprint density at radius 3 is 2.28 bits per heavy atom. The average Bonchev–Trinajstić information content (AvgIpc) is 2.41. The van der Waals surface area contributed by atoms with Gasteiger partial charge >= 0.3 is 0 Å². The molecule has 5 nitrogen and oxygen atoms in total. The molecule has 2 fully saturated rings. The summed E-state index contributed by atoms with van der Waals surface area (Å²) in [5.74, 6) is 0.314. The molecule has 0 unspecified atom stereocenters. The topological polar surface area (TPSA) is 38.8 Å². The maximum absolute atomic E-state index is 12.2. The third-order valence-corrected chi connectivity index (χ3v) is 4.21. The van der Waals surface area contributed by atoms with E-state index in [0.717, 1.165) is 52.1 Å². The Labute approximate surface area is 110 Å². The molecule has 0 radical (unpaired) electrons. The number of likely N-dealkylation sites (N-methyl/N-ethyl adjacent to an activating group) is 1. The van der Waals surface area contributed by atoms with Crippen molar-refractivity contribution in [3.8, 4) is 0 Å². The van der Waals surface area contributed by atoms with Crippen molar-refractivity contribution in [3.63, 3.8) is 0 Å². The van der Waals surface area contributed by atoms with Gasteiger partial charge in [-0.1, -0.05) is 0 Å². The Hall–Kier alpha value is -0.650. The van der Waals surface area contributed by atoms with Gasteiger partial charge in [-0.25, -0.2) is 0 Å². The van der Waals surface area contributed by atoms with Crippen LogP contribution in [0, 0.1) is 0 Å². The number of amides is 1. The lowest BCUT2D eigenvalue weighted by molar-refractivity contribution is -0.133. The molecule has 1 N–H and O–H groups in total. The quantitative estimate of drug-likeness (QED) is 0.733. The molecule has 2 aliphatic heterocycles. The predicted octanol–water partition coefficient (Wildman–Crippen LogP) is -0.556. The number of nitrogens with one attached hydrogen (secondary N) is 1. The Morgan fingerprint density at radius 2 is 1.72 bits per heavy atom. The van der Waals surface area contributed by atoms with Crippen LogP contribution in [-0.4, -0.2) is 86.6 Å². The first-order valence-electron chi connectivity index (χ1n) is 7.05. The molecule has 18 heavy (non-hydrogen) atoms. The van der Waals surface area contributed by atoms with Crippen LogP contribution in [0.15, 0.2) is 0 Å². The molecule has 0 bridgehead atoms. The van der Waals surface area contributed by atoms with Crippen molar-refractivity contribution in [1.82, 2.24) is 20.0 Å². The summed E-state index contributed by atoms with van der Waals surface area (Å²) in [6, 6.07) is 0.595. The first kappa shape index (κ1) is 13.8. The zero-order valence-electron chi connectivity index (χ0n) is 11.7.